The standard InChI is InChI=1S/C11H18N2O2/c1-4-5-6-7-10(12-8-14)11(2,3)13-9-15/h10H,4-7H2,1-3H3. The van der Waals surface area contributed by atoms with Crippen molar-refractivity contribution in [3.63, 3.8) is 0 Å². The van der Waals surface area contributed by atoms with Crippen LogP contribution in [0, 0.1) is 0 Å². The smallest absolute Gasteiger partial charge is 0.211 e. The van der Waals surface area contributed by atoms with Gasteiger partial charge in [-0.3, -0.25) is 0 Å². The summed E-state index contributed by atoms with van der Waals surface area (Å²) in [6, 6.07) is -0.275. The second kappa shape index (κ2) is 7.10. The normalized spacial score (nSPS) is 12.5. The second-order valence-corrected chi connectivity index (χ2v) is 4.09. The Balaban J connectivity index is 4.50. The number of carbonyl (C=O) groups excluding carboxylic acids is 2. The quantitative estimate of drug-likeness (QED) is 0.368. The van der Waals surface area contributed by atoms with Crippen molar-refractivity contribution in [1.29, 1.82) is 0 Å². The Morgan fingerprint density at radius 3 is 2.33 bits per heavy atom. The van der Waals surface area contributed by atoms with Gasteiger partial charge in [0.2, 0.25) is 12.2 Å². The van der Waals surface area contributed by atoms with Crippen molar-refractivity contribution >= 4 is 12.2 Å². The van der Waals surface area contributed by atoms with Crippen molar-refractivity contribution in [2.45, 2.75) is 58.0 Å². The number of unbranched alkanes of at least 4 members (excludes halogenated alkanes) is 2. The lowest BCUT2D eigenvalue weighted by Crippen LogP contribution is -2.32. The topological polar surface area (TPSA) is 58.9 Å². The van der Waals surface area contributed by atoms with Gasteiger partial charge in [-0.1, -0.05) is 26.2 Å². The summed E-state index contributed by atoms with van der Waals surface area (Å²) in [6.45, 7) is 5.65. The van der Waals surface area contributed by atoms with Crippen LogP contribution < -0.4 is 0 Å². The molecule has 1 unspecified atom stereocenters. The number of hydrogen-bond acceptors (Lipinski definition) is 4. The molecule has 0 aromatic heterocycles. The molecular formula is C11H18N2O2. The van der Waals surface area contributed by atoms with E-state index in [2.05, 4.69) is 16.9 Å². The molecule has 0 aliphatic carbocycles. The van der Waals surface area contributed by atoms with Gasteiger partial charge in [0.15, 0.2) is 0 Å². The van der Waals surface area contributed by atoms with Crippen molar-refractivity contribution in [2.24, 2.45) is 9.98 Å². The number of isocyanates is 2. The van der Waals surface area contributed by atoms with E-state index in [1.807, 2.05) is 0 Å². The van der Waals surface area contributed by atoms with Crippen LogP contribution in [0.2, 0.25) is 0 Å². The highest BCUT2D eigenvalue weighted by atomic mass is 16.1. The van der Waals surface area contributed by atoms with Crippen LogP contribution in [0.15, 0.2) is 9.98 Å². The zero-order valence-electron chi connectivity index (χ0n) is 9.62. The molecule has 0 aliphatic heterocycles. The third-order valence-corrected chi connectivity index (χ3v) is 2.44. The number of nitrogens with zero attached hydrogens (tertiary/aromatic N) is 2. The molecule has 84 valence electrons. The van der Waals surface area contributed by atoms with E-state index in [4.69, 9.17) is 0 Å². The fourth-order valence-corrected chi connectivity index (χ4v) is 1.42. The third kappa shape index (κ3) is 5.26. The van der Waals surface area contributed by atoms with E-state index in [0.29, 0.717) is 0 Å². The molecule has 0 N–H and O–H groups in total. The Bertz CT molecular complexity index is 274. The number of rotatable bonds is 7. The van der Waals surface area contributed by atoms with Crippen LogP contribution in [0.25, 0.3) is 0 Å². The highest BCUT2D eigenvalue weighted by Gasteiger charge is 2.28. The molecule has 0 saturated carbocycles. The lowest BCUT2D eigenvalue weighted by molar-refractivity contribution is 0.378. The first-order valence-corrected chi connectivity index (χ1v) is 5.24. The van der Waals surface area contributed by atoms with Crippen LogP contribution >= 0.6 is 0 Å². The first kappa shape index (κ1) is 13.8. The van der Waals surface area contributed by atoms with Crippen LogP contribution in [-0.4, -0.2) is 23.7 Å². The summed E-state index contributed by atoms with van der Waals surface area (Å²) in [5.74, 6) is 0. The van der Waals surface area contributed by atoms with E-state index in [0.717, 1.165) is 25.7 Å². The van der Waals surface area contributed by atoms with Crippen molar-refractivity contribution in [1.82, 2.24) is 0 Å². The zero-order chi connectivity index (χ0) is 11.7. The molecule has 1 atom stereocenters. The van der Waals surface area contributed by atoms with Crippen LogP contribution in [0.3, 0.4) is 0 Å². The van der Waals surface area contributed by atoms with Crippen LogP contribution in [0.5, 0.6) is 0 Å². The number of aliphatic imine (C=N–C) groups is 2. The van der Waals surface area contributed by atoms with Crippen molar-refractivity contribution < 1.29 is 9.59 Å². The van der Waals surface area contributed by atoms with E-state index >= 15 is 0 Å². The first-order valence-electron chi connectivity index (χ1n) is 5.24. The fourth-order valence-electron chi connectivity index (χ4n) is 1.42. The molecule has 4 nitrogen and oxygen atoms in total. The molecule has 0 aliphatic rings. The molecule has 0 aromatic rings. The molecule has 0 aromatic carbocycles. The van der Waals surface area contributed by atoms with Crippen molar-refractivity contribution in [3.8, 4) is 0 Å². The van der Waals surface area contributed by atoms with Crippen molar-refractivity contribution in [3.05, 3.63) is 0 Å². The van der Waals surface area contributed by atoms with E-state index in [-0.39, 0.29) is 6.04 Å². The Morgan fingerprint density at radius 2 is 1.87 bits per heavy atom. The van der Waals surface area contributed by atoms with Gasteiger partial charge in [0.05, 0.1) is 11.6 Å². The second-order valence-electron chi connectivity index (χ2n) is 4.09. The minimum atomic E-state index is -0.660. The molecule has 0 heterocycles. The van der Waals surface area contributed by atoms with Crippen molar-refractivity contribution in [2.75, 3.05) is 0 Å². The Morgan fingerprint density at radius 1 is 1.20 bits per heavy atom. The summed E-state index contributed by atoms with van der Waals surface area (Å²) < 4.78 is 0. The summed E-state index contributed by atoms with van der Waals surface area (Å²) in [6.07, 6.45) is 6.99. The fraction of sp³-hybridized carbons (Fsp3) is 0.818. The Labute approximate surface area is 90.5 Å². The maximum absolute atomic E-state index is 10.3. The zero-order valence-corrected chi connectivity index (χ0v) is 9.62. The maximum Gasteiger partial charge on any atom is 0.235 e. The molecule has 0 fully saturated rings. The first-order chi connectivity index (χ1) is 7.08. The van der Waals surface area contributed by atoms with Crippen LogP contribution in [-0.2, 0) is 9.59 Å². The molecule has 0 radical (unpaired) electrons. The average Bonchev–Trinajstić information content (AvgIpc) is 2.16. The van der Waals surface area contributed by atoms with Gasteiger partial charge in [-0.2, -0.15) is 9.98 Å². The monoisotopic (exact) mass is 210 g/mol. The van der Waals surface area contributed by atoms with Gasteiger partial charge in [0, 0.05) is 0 Å². The predicted octanol–water partition coefficient (Wildman–Crippen LogP) is 2.39. The summed E-state index contributed by atoms with van der Waals surface area (Å²) in [7, 11) is 0. The summed E-state index contributed by atoms with van der Waals surface area (Å²) in [5.41, 5.74) is -0.660. The molecule has 4 heteroatoms. The number of hydrogen-bond donors (Lipinski definition) is 0. The summed E-state index contributed by atoms with van der Waals surface area (Å²) in [4.78, 5) is 27.9. The third-order valence-electron chi connectivity index (χ3n) is 2.44. The van der Waals surface area contributed by atoms with Gasteiger partial charge < -0.3 is 0 Å². The lowest BCUT2D eigenvalue weighted by Gasteiger charge is -2.24. The van der Waals surface area contributed by atoms with Gasteiger partial charge in [-0.05, 0) is 20.3 Å². The highest BCUT2D eigenvalue weighted by molar-refractivity contribution is 5.37. The predicted molar refractivity (Wildman–Crippen MR) is 58.3 cm³/mol. The molecule has 0 spiro atoms. The molecule has 15 heavy (non-hydrogen) atoms. The van der Waals surface area contributed by atoms with E-state index in [1.165, 1.54) is 6.08 Å². The lowest BCUT2D eigenvalue weighted by atomic mass is 9.91. The van der Waals surface area contributed by atoms with Crippen LogP contribution in [0.1, 0.15) is 46.5 Å². The summed E-state index contributed by atoms with van der Waals surface area (Å²) in [5, 5.41) is 0. The maximum atomic E-state index is 10.3. The summed E-state index contributed by atoms with van der Waals surface area (Å²) >= 11 is 0. The average molecular weight is 210 g/mol. The van der Waals surface area contributed by atoms with E-state index in [1.54, 1.807) is 19.9 Å². The molecule has 0 bridgehead atoms. The molecule has 0 rings (SSSR count). The minimum Gasteiger partial charge on any atom is -0.211 e. The van der Waals surface area contributed by atoms with Gasteiger partial charge in [-0.25, -0.2) is 9.59 Å². The Hall–Kier alpha value is -1.24. The molecule has 0 saturated heterocycles. The van der Waals surface area contributed by atoms with E-state index < -0.39 is 5.54 Å². The minimum absolute atomic E-state index is 0.275. The van der Waals surface area contributed by atoms with Gasteiger partial charge in [-0.15, -0.1) is 0 Å². The van der Waals surface area contributed by atoms with Gasteiger partial charge in [0.1, 0.15) is 0 Å². The van der Waals surface area contributed by atoms with Gasteiger partial charge in [0.25, 0.3) is 0 Å². The SMILES string of the molecule is CCCCCC(N=C=O)C(C)(C)N=C=O. The molecule has 0 amide bonds. The Kier molecular flexibility index (Phi) is 6.52. The van der Waals surface area contributed by atoms with E-state index in [9.17, 15) is 9.59 Å². The van der Waals surface area contributed by atoms with Crippen LogP contribution in [0.4, 0.5) is 0 Å². The van der Waals surface area contributed by atoms with Gasteiger partial charge >= 0.3 is 0 Å². The largest absolute Gasteiger partial charge is 0.235 e. The molecular weight excluding hydrogens is 192 g/mol. The highest BCUT2D eigenvalue weighted by Crippen LogP contribution is 2.22.